The van der Waals surface area contributed by atoms with Gasteiger partial charge in [0.05, 0.1) is 11.3 Å². The fourth-order valence-corrected chi connectivity index (χ4v) is 2.65. The van der Waals surface area contributed by atoms with Crippen LogP contribution in [0.5, 0.6) is 0 Å². The van der Waals surface area contributed by atoms with Gasteiger partial charge in [-0.2, -0.15) is 0 Å². The van der Waals surface area contributed by atoms with Crippen molar-refractivity contribution in [2.24, 2.45) is 5.73 Å². The third-order valence-corrected chi connectivity index (χ3v) is 4.02. The number of carbonyl (C=O) groups is 2. The second-order valence-corrected chi connectivity index (χ2v) is 5.50. The van der Waals surface area contributed by atoms with Gasteiger partial charge in [-0.1, -0.05) is 11.6 Å². The van der Waals surface area contributed by atoms with Gasteiger partial charge >= 0.3 is 5.97 Å². The van der Waals surface area contributed by atoms with Crippen molar-refractivity contribution in [3.63, 3.8) is 0 Å². The van der Waals surface area contributed by atoms with Gasteiger partial charge < -0.3 is 15.7 Å². The SMILES string of the molecule is CC(C(=O)O)N1CCN(c2cc(Cl)ccc2C(N)=O)CC1. The van der Waals surface area contributed by atoms with Crippen LogP contribution in [0.15, 0.2) is 18.2 Å². The summed E-state index contributed by atoms with van der Waals surface area (Å²) in [5, 5.41) is 9.57. The first-order valence-electron chi connectivity index (χ1n) is 6.71. The van der Waals surface area contributed by atoms with Gasteiger partial charge in [0.15, 0.2) is 0 Å². The predicted octanol–water partition coefficient (Wildman–Crippen LogP) is 1.03. The molecule has 1 amide bonds. The molecule has 1 aliphatic rings. The van der Waals surface area contributed by atoms with Crippen molar-refractivity contribution in [2.45, 2.75) is 13.0 Å². The van der Waals surface area contributed by atoms with Gasteiger partial charge in [-0.3, -0.25) is 14.5 Å². The minimum absolute atomic E-state index is 0.430. The Morgan fingerprint density at radius 3 is 2.43 bits per heavy atom. The van der Waals surface area contributed by atoms with Crippen LogP contribution in [0.4, 0.5) is 5.69 Å². The lowest BCUT2D eigenvalue weighted by Crippen LogP contribution is -2.52. The zero-order valence-electron chi connectivity index (χ0n) is 11.8. The van der Waals surface area contributed by atoms with Gasteiger partial charge in [-0.25, -0.2) is 0 Å². The molecule has 0 aliphatic carbocycles. The summed E-state index contributed by atoms with van der Waals surface area (Å²) < 4.78 is 0. The van der Waals surface area contributed by atoms with Crippen molar-refractivity contribution in [3.05, 3.63) is 28.8 Å². The maximum absolute atomic E-state index is 11.5. The number of hydrogen-bond donors (Lipinski definition) is 2. The Morgan fingerprint density at radius 1 is 1.29 bits per heavy atom. The van der Waals surface area contributed by atoms with Crippen LogP contribution >= 0.6 is 11.6 Å². The molecule has 6 nitrogen and oxygen atoms in total. The molecular formula is C14H18ClN3O3. The number of piperazine rings is 1. The molecule has 21 heavy (non-hydrogen) atoms. The molecule has 1 aromatic carbocycles. The largest absolute Gasteiger partial charge is 0.480 e. The molecule has 1 atom stereocenters. The average molecular weight is 312 g/mol. The first-order chi connectivity index (χ1) is 9.90. The van der Waals surface area contributed by atoms with Crippen molar-refractivity contribution in [3.8, 4) is 0 Å². The highest BCUT2D eigenvalue weighted by Gasteiger charge is 2.26. The van der Waals surface area contributed by atoms with E-state index in [0.29, 0.717) is 42.5 Å². The number of benzene rings is 1. The van der Waals surface area contributed by atoms with Gasteiger partial charge in [-0.15, -0.1) is 0 Å². The highest BCUT2D eigenvalue weighted by Crippen LogP contribution is 2.26. The quantitative estimate of drug-likeness (QED) is 0.867. The number of amides is 1. The van der Waals surface area contributed by atoms with Crippen LogP contribution < -0.4 is 10.6 Å². The molecule has 1 aromatic rings. The summed E-state index contributed by atoms with van der Waals surface area (Å²) in [5.74, 6) is -1.33. The zero-order chi connectivity index (χ0) is 15.6. The summed E-state index contributed by atoms with van der Waals surface area (Å²) in [6.07, 6.45) is 0. The molecule has 2 rings (SSSR count). The summed E-state index contributed by atoms with van der Waals surface area (Å²) in [6.45, 7) is 4.14. The van der Waals surface area contributed by atoms with Crippen LogP contribution in [-0.4, -0.2) is 54.1 Å². The number of primary amides is 1. The molecular weight excluding hydrogens is 294 g/mol. The Hall–Kier alpha value is -1.79. The lowest BCUT2D eigenvalue weighted by Gasteiger charge is -2.38. The molecule has 1 unspecified atom stereocenters. The Bertz CT molecular complexity index is 556. The van der Waals surface area contributed by atoms with Gasteiger partial charge in [0, 0.05) is 31.2 Å². The molecule has 1 heterocycles. The van der Waals surface area contributed by atoms with E-state index >= 15 is 0 Å². The van der Waals surface area contributed by atoms with E-state index in [9.17, 15) is 9.59 Å². The van der Waals surface area contributed by atoms with Crippen molar-refractivity contribution >= 4 is 29.2 Å². The number of halogens is 1. The number of nitrogens with two attached hydrogens (primary N) is 1. The summed E-state index contributed by atoms with van der Waals surface area (Å²) >= 11 is 5.99. The Morgan fingerprint density at radius 2 is 1.90 bits per heavy atom. The highest BCUT2D eigenvalue weighted by molar-refractivity contribution is 6.31. The number of anilines is 1. The van der Waals surface area contributed by atoms with Crippen LogP contribution in [0.25, 0.3) is 0 Å². The van der Waals surface area contributed by atoms with E-state index in [-0.39, 0.29) is 0 Å². The molecule has 7 heteroatoms. The monoisotopic (exact) mass is 311 g/mol. The second-order valence-electron chi connectivity index (χ2n) is 5.06. The minimum atomic E-state index is -0.830. The molecule has 114 valence electrons. The normalized spacial score (nSPS) is 17.5. The number of hydrogen-bond acceptors (Lipinski definition) is 4. The van der Waals surface area contributed by atoms with Gasteiger partial charge in [0.25, 0.3) is 5.91 Å². The standard InChI is InChI=1S/C14H18ClN3O3/c1-9(14(20)21)17-4-6-18(7-5-17)12-8-10(15)2-3-11(12)13(16)19/h2-3,8-9H,4-7H2,1H3,(H2,16,19)(H,20,21). The van der Waals surface area contributed by atoms with E-state index in [1.807, 2.05) is 9.80 Å². The lowest BCUT2D eigenvalue weighted by atomic mass is 10.1. The number of rotatable bonds is 4. The maximum atomic E-state index is 11.5. The van der Waals surface area contributed by atoms with Crippen molar-refractivity contribution in [1.82, 2.24) is 4.90 Å². The van der Waals surface area contributed by atoms with Gasteiger partial charge in [-0.05, 0) is 25.1 Å². The number of aliphatic carboxylic acids is 1. The summed E-state index contributed by atoms with van der Waals surface area (Å²) in [6, 6.07) is 4.46. The van der Waals surface area contributed by atoms with Crippen molar-refractivity contribution in [1.29, 1.82) is 0 Å². The third kappa shape index (κ3) is 3.46. The highest BCUT2D eigenvalue weighted by atomic mass is 35.5. The first-order valence-corrected chi connectivity index (χ1v) is 7.09. The van der Waals surface area contributed by atoms with E-state index < -0.39 is 17.9 Å². The van der Waals surface area contributed by atoms with Crippen molar-refractivity contribution in [2.75, 3.05) is 31.1 Å². The molecule has 0 radical (unpaired) electrons. The lowest BCUT2D eigenvalue weighted by molar-refractivity contribution is -0.142. The predicted molar refractivity (Wildman–Crippen MR) is 80.9 cm³/mol. The van der Waals surface area contributed by atoms with Crippen LogP contribution in [0.1, 0.15) is 17.3 Å². The fourth-order valence-electron chi connectivity index (χ4n) is 2.48. The molecule has 3 N–H and O–H groups in total. The van der Waals surface area contributed by atoms with E-state index in [1.54, 1.807) is 25.1 Å². The van der Waals surface area contributed by atoms with Crippen LogP contribution in [0.3, 0.4) is 0 Å². The maximum Gasteiger partial charge on any atom is 0.320 e. The topological polar surface area (TPSA) is 86.9 Å². The third-order valence-electron chi connectivity index (χ3n) is 3.79. The molecule has 1 aliphatic heterocycles. The minimum Gasteiger partial charge on any atom is -0.480 e. The van der Waals surface area contributed by atoms with Crippen molar-refractivity contribution < 1.29 is 14.7 Å². The molecule has 0 saturated carbocycles. The Labute approximate surface area is 128 Å². The molecule has 0 bridgehead atoms. The van der Waals surface area contributed by atoms with Crippen LogP contribution in [0.2, 0.25) is 5.02 Å². The first kappa shape index (κ1) is 15.6. The molecule has 1 saturated heterocycles. The van der Waals surface area contributed by atoms with E-state index in [4.69, 9.17) is 22.4 Å². The van der Waals surface area contributed by atoms with Crippen LogP contribution in [0, 0.1) is 0 Å². The Kier molecular flexibility index (Phi) is 4.69. The second kappa shape index (κ2) is 6.32. The van der Waals surface area contributed by atoms with Gasteiger partial charge in [0.2, 0.25) is 0 Å². The van der Waals surface area contributed by atoms with Crippen LogP contribution in [-0.2, 0) is 4.79 Å². The average Bonchev–Trinajstić information content (AvgIpc) is 2.46. The summed E-state index contributed by atoms with van der Waals surface area (Å²) in [7, 11) is 0. The fraction of sp³-hybridized carbons (Fsp3) is 0.429. The molecule has 1 fully saturated rings. The summed E-state index contributed by atoms with van der Waals surface area (Å²) in [5.41, 5.74) is 6.53. The number of carboxylic acids is 1. The van der Waals surface area contributed by atoms with E-state index in [1.165, 1.54) is 0 Å². The Balaban J connectivity index is 2.14. The zero-order valence-corrected chi connectivity index (χ0v) is 12.5. The number of nitrogens with zero attached hydrogens (tertiary/aromatic N) is 2. The smallest absolute Gasteiger partial charge is 0.320 e. The van der Waals surface area contributed by atoms with E-state index in [2.05, 4.69) is 0 Å². The summed E-state index contributed by atoms with van der Waals surface area (Å²) in [4.78, 5) is 26.4. The van der Waals surface area contributed by atoms with Gasteiger partial charge in [0.1, 0.15) is 6.04 Å². The molecule has 0 aromatic heterocycles. The number of carboxylic acid groups (broad SMARTS) is 1. The molecule has 0 spiro atoms. The number of carbonyl (C=O) groups excluding carboxylic acids is 1. The van der Waals surface area contributed by atoms with E-state index in [0.717, 1.165) is 0 Å².